The van der Waals surface area contributed by atoms with E-state index in [1.807, 2.05) is 0 Å². The number of nitrogens with one attached hydrogen (secondary N) is 4. The molecule has 14 nitrogen and oxygen atoms in total. The Labute approximate surface area is 231 Å². The van der Waals surface area contributed by atoms with Gasteiger partial charge in [-0.25, -0.2) is 4.18 Å². The van der Waals surface area contributed by atoms with E-state index in [1.54, 1.807) is 12.1 Å². The smallest absolute Gasteiger partial charge is 0.397 e. The Morgan fingerprint density at radius 2 is 1.15 bits per heavy atom. The Morgan fingerprint density at radius 1 is 0.725 bits per heavy atom. The van der Waals surface area contributed by atoms with E-state index >= 15 is 0 Å². The van der Waals surface area contributed by atoms with Gasteiger partial charge >= 0.3 is 10.4 Å². The molecule has 0 radical (unpaired) electrons. The summed E-state index contributed by atoms with van der Waals surface area (Å²) in [4.78, 5) is 26.7. The minimum absolute atomic E-state index is 0.00939. The number of rotatable bonds is 15. The van der Waals surface area contributed by atoms with Gasteiger partial charge in [-0.05, 0) is 24.3 Å². The highest BCUT2D eigenvalue weighted by Crippen LogP contribution is 2.42. The van der Waals surface area contributed by atoms with Crippen LogP contribution < -0.4 is 21.3 Å². The summed E-state index contributed by atoms with van der Waals surface area (Å²) in [5.41, 5.74) is 0.678. The third-order valence-corrected chi connectivity index (χ3v) is 5.86. The number of aromatic hydroxyl groups is 2. The average molecular weight is 583 g/mol. The zero-order chi connectivity index (χ0) is 29.7. The molecule has 0 aliphatic heterocycles. The molecule has 0 saturated heterocycles. The van der Waals surface area contributed by atoms with E-state index in [0.717, 1.165) is 0 Å². The molecule has 0 aromatic heterocycles. The van der Waals surface area contributed by atoms with Crippen LogP contribution in [0.15, 0.2) is 36.9 Å². The number of carbonyl (C=O) groups is 2. The first-order chi connectivity index (χ1) is 19.1. The highest BCUT2D eigenvalue weighted by Gasteiger charge is 2.37. The van der Waals surface area contributed by atoms with Crippen LogP contribution in [0.2, 0.25) is 0 Å². The molecule has 3 rings (SSSR count). The summed E-state index contributed by atoms with van der Waals surface area (Å²) in [6.45, 7) is 5.78. The minimum atomic E-state index is -4.26. The SMILES string of the molecule is C=CCOS(=O)(=O)O.O=C1c2c(O)ccc(O)c2C(=O)c2c(NCCNCCO)ccc(NCCNCCO)c21. The van der Waals surface area contributed by atoms with Gasteiger partial charge in [-0.2, -0.15) is 8.42 Å². The van der Waals surface area contributed by atoms with E-state index in [-0.39, 0.29) is 53.6 Å². The molecule has 0 amide bonds. The predicted octanol–water partition coefficient (Wildman–Crippen LogP) is -0.147. The molecular weight excluding hydrogens is 548 g/mol. The summed E-state index contributed by atoms with van der Waals surface area (Å²) < 4.78 is 31.0. The number of phenolic OH excluding ortho intramolecular Hbond substituents is 2. The largest absolute Gasteiger partial charge is 0.507 e. The Balaban J connectivity index is 0.000000611. The summed E-state index contributed by atoms with van der Waals surface area (Å²) in [5.74, 6) is -1.86. The van der Waals surface area contributed by atoms with Crippen molar-refractivity contribution in [2.75, 3.05) is 69.7 Å². The van der Waals surface area contributed by atoms with Crippen molar-refractivity contribution in [3.63, 3.8) is 0 Å². The molecule has 1 aliphatic rings. The fraction of sp³-hybridized carbons (Fsp3) is 0.360. The van der Waals surface area contributed by atoms with Crippen molar-refractivity contribution >= 4 is 33.3 Å². The van der Waals surface area contributed by atoms with Gasteiger partial charge in [-0.15, -0.1) is 6.58 Å². The van der Waals surface area contributed by atoms with E-state index in [1.165, 1.54) is 18.2 Å². The monoisotopic (exact) mass is 582 g/mol. The van der Waals surface area contributed by atoms with Crippen molar-refractivity contribution in [3.8, 4) is 11.5 Å². The van der Waals surface area contributed by atoms with E-state index in [0.29, 0.717) is 50.6 Å². The molecule has 9 N–H and O–H groups in total. The van der Waals surface area contributed by atoms with Gasteiger partial charge in [0.15, 0.2) is 0 Å². The molecule has 1 aliphatic carbocycles. The maximum absolute atomic E-state index is 13.4. The molecule has 0 heterocycles. The highest BCUT2D eigenvalue weighted by atomic mass is 32.3. The lowest BCUT2D eigenvalue weighted by Crippen LogP contribution is -2.28. The van der Waals surface area contributed by atoms with Crippen LogP contribution in [0.4, 0.5) is 11.4 Å². The number of phenols is 2. The number of hydrogen-bond acceptors (Lipinski definition) is 13. The summed E-state index contributed by atoms with van der Waals surface area (Å²) in [7, 11) is -4.26. The van der Waals surface area contributed by atoms with Crippen LogP contribution in [0.3, 0.4) is 0 Å². The summed E-state index contributed by atoms with van der Waals surface area (Å²) in [6.07, 6.45) is 1.22. The Morgan fingerprint density at radius 3 is 1.48 bits per heavy atom. The third kappa shape index (κ3) is 8.99. The summed E-state index contributed by atoms with van der Waals surface area (Å²) in [6, 6.07) is 5.74. The molecule has 0 saturated carbocycles. The van der Waals surface area contributed by atoms with Gasteiger partial charge in [0.2, 0.25) is 11.6 Å². The standard InChI is InChI=1S/C22H28N4O6.C3H6O4S/c27-11-9-23-5-7-25-13-1-2-14(26-8-6-24-10-12-28)18-17(13)21(31)19-15(29)3-4-16(30)20(19)22(18)32;1-2-3-7-8(4,5)6/h1-4,23-30H,5-12H2;2H,1,3H2,(H,4,5,6). The van der Waals surface area contributed by atoms with Gasteiger partial charge in [0.25, 0.3) is 0 Å². The van der Waals surface area contributed by atoms with Gasteiger partial charge in [-0.3, -0.25) is 14.1 Å². The Bertz CT molecular complexity index is 1220. The normalized spacial score (nSPS) is 12.2. The first kappa shape index (κ1) is 32.6. The topological polar surface area (TPSA) is 227 Å². The van der Waals surface area contributed by atoms with Crippen molar-refractivity contribution in [1.29, 1.82) is 0 Å². The lowest BCUT2D eigenvalue weighted by molar-refractivity contribution is 0.0975. The quantitative estimate of drug-likeness (QED) is 0.0492. The van der Waals surface area contributed by atoms with Crippen LogP contribution in [-0.2, 0) is 14.6 Å². The predicted molar refractivity (Wildman–Crippen MR) is 148 cm³/mol. The van der Waals surface area contributed by atoms with E-state index < -0.39 is 22.0 Å². The number of hydrogen-bond donors (Lipinski definition) is 9. The van der Waals surface area contributed by atoms with Gasteiger partial charge in [0.05, 0.1) is 42.1 Å². The second-order valence-corrected chi connectivity index (χ2v) is 9.32. The average Bonchev–Trinajstić information content (AvgIpc) is 2.91. The molecule has 40 heavy (non-hydrogen) atoms. The molecule has 0 unspecified atom stereocenters. The van der Waals surface area contributed by atoms with Crippen molar-refractivity contribution in [2.45, 2.75) is 0 Å². The maximum Gasteiger partial charge on any atom is 0.397 e. The van der Waals surface area contributed by atoms with Gasteiger partial charge in [0.1, 0.15) is 11.5 Å². The number of aliphatic hydroxyl groups excluding tert-OH is 2. The van der Waals surface area contributed by atoms with Crippen molar-refractivity contribution in [3.05, 3.63) is 59.2 Å². The van der Waals surface area contributed by atoms with Crippen molar-refractivity contribution in [1.82, 2.24) is 10.6 Å². The van der Waals surface area contributed by atoms with Gasteiger partial charge < -0.3 is 41.7 Å². The molecule has 220 valence electrons. The molecule has 15 heteroatoms. The molecule has 2 aromatic rings. The lowest BCUT2D eigenvalue weighted by Gasteiger charge is -2.25. The van der Waals surface area contributed by atoms with Crippen LogP contribution in [-0.4, -0.2) is 104 Å². The van der Waals surface area contributed by atoms with Gasteiger partial charge in [0, 0.05) is 50.6 Å². The first-order valence-electron chi connectivity index (χ1n) is 12.2. The van der Waals surface area contributed by atoms with E-state index in [2.05, 4.69) is 32.0 Å². The number of aliphatic hydroxyl groups is 2. The van der Waals surface area contributed by atoms with E-state index in [9.17, 15) is 28.2 Å². The fourth-order valence-electron chi connectivity index (χ4n) is 3.77. The van der Waals surface area contributed by atoms with Crippen LogP contribution in [0.5, 0.6) is 11.5 Å². The number of anilines is 2. The molecule has 0 atom stereocenters. The van der Waals surface area contributed by atoms with Crippen LogP contribution >= 0.6 is 0 Å². The number of carbonyl (C=O) groups excluding carboxylic acids is 2. The highest BCUT2D eigenvalue weighted by molar-refractivity contribution is 7.80. The second kappa shape index (κ2) is 15.9. The molecular formula is C25H34N4O10S. The first-order valence-corrected chi connectivity index (χ1v) is 13.6. The maximum atomic E-state index is 13.4. The lowest BCUT2D eigenvalue weighted by atomic mass is 9.81. The molecule has 2 aromatic carbocycles. The molecule has 0 fully saturated rings. The van der Waals surface area contributed by atoms with Crippen molar-refractivity contribution in [2.24, 2.45) is 0 Å². The number of fused-ring (bicyclic) bond motifs is 2. The fourth-order valence-corrected chi connectivity index (χ4v) is 4.04. The van der Waals surface area contributed by atoms with Crippen LogP contribution in [0.25, 0.3) is 0 Å². The molecule has 0 bridgehead atoms. The van der Waals surface area contributed by atoms with E-state index in [4.69, 9.17) is 14.8 Å². The van der Waals surface area contributed by atoms with Crippen LogP contribution in [0.1, 0.15) is 31.8 Å². The van der Waals surface area contributed by atoms with Crippen LogP contribution in [0, 0.1) is 0 Å². The third-order valence-electron chi connectivity index (χ3n) is 5.42. The summed E-state index contributed by atoms with van der Waals surface area (Å²) in [5, 5.41) is 50.6. The second-order valence-electron chi connectivity index (χ2n) is 8.22. The zero-order valence-corrected chi connectivity index (χ0v) is 22.5. The minimum Gasteiger partial charge on any atom is -0.507 e. The Kier molecular flexibility index (Phi) is 13.0. The zero-order valence-electron chi connectivity index (χ0n) is 21.6. The van der Waals surface area contributed by atoms with Gasteiger partial charge in [-0.1, -0.05) is 6.08 Å². The Hall–Kier alpha value is -3.57. The number of ketones is 2. The number of benzene rings is 2. The molecule has 0 spiro atoms. The summed E-state index contributed by atoms with van der Waals surface area (Å²) >= 11 is 0. The van der Waals surface area contributed by atoms with Crippen molar-refractivity contribution < 1.29 is 47.2 Å².